The van der Waals surface area contributed by atoms with Gasteiger partial charge in [0.1, 0.15) is 5.69 Å². The van der Waals surface area contributed by atoms with E-state index in [-0.39, 0.29) is 17.8 Å². The van der Waals surface area contributed by atoms with Crippen LogP contribution in [0.2, 0.25) is 0 Å². The van der Waals surface area contributed by atoms with Gasteiger partial charge in [-0.25, -0.2) is 0 Å². The summed E-state index contributed by atoms with van der Waals surface area (Å²) >= 11 is 0. The predicted molar refractivity (Wildman–Crippen MR) is 73.2 cm³/mol. The van der Waals surface area contributed by atoms with Crippen LogP contribution in [0.5, 0.6) is 0 Å². The highest BCUT2D eigenvalue weighted by Crippen LogP contribution is 2.18. The van der Waals surface area contributed by atoms with E-state index in [4.69, 9.17) is 9.26 Å². The maximum atomic E-state index is 11.9. The summed E-state index contributed by atoms with van der Waals surface area (Å²) in [4.78, 5) is 11.9. The molecule has 0 bridgehead atoms. The van der Waals surface area contributed by atoms with E-state index in [1.54, 1.807) is 6.07 Å². The van der Waals surface area contributed by atoms with Gasteiger partial charge in [-0.15, -0.1) is 0 Å². The van der Waals surface area contributed by atoms with E-state index in [1.807, 2.05) is 30.3 Å². The number of amides is 1. The van der Waals surface area contributed by atoms with Crippen LogP contribution in [0.15, 0.2) is 40.9 Å². The first kappa shape index (κ1) is 12.9. The van der Waals surface area contributed by atoms with E-state index < -0.39 is 0 Å². The molecule has 0 saturated carbocycles. The van der Waals surface area contributed by atoms with Gasteiger partial charge in [0.05, 0.1) is 6.10 Å². The fraction of sp³-hybridized carbons (Fsp3) is 0.333. The number of carbonyl (C=O) groups excluding carboxylic acids is 1. The molecule has 1 aliphatic rings. The Labute approximate surface area is 116 Å². The second-order valence-corrected chi connectivity index (χ2v) is 4.79. The van der Waals surface area contributed by atoms with E-state index in [0.29, 0.717) is 12.2 Å². The molecule has 1 N–H and O–H groups in total. The average molecular weight is 272 g/mol. The Morgan fingerprint density at radius 2 is 2.20 bits per heavy atom. The van der Waals surface area contributed by atoms with Gasteiger partial charge in [0.15, 0.2) is 0 Å². The highest BCUT2D eigenvalue weighted by molar-refractivity contribution is 5.92. The molecule has 1 aromatic heterocycles. The molecule has 0 aliphatic carbocycles. The monoisotopic (exact) mass is 272 g/mol. The lowest BCUT2D eigenvalue weighted by Crippen LogP contribution is -2.31. The Hall–Kier alpha value is -2.14. The third kappa shape index (κ3) is 2.88. The molecule has 1 fully saturated rings. The number of rotatable bonds is 4. The Morgan fingerprint density at radius 3 is 2.95 bits per heavy atom. The smallest absolute Gasteiger partial charge is 0.290 e. The molecule has 104 valence electrons. The lowest BCUT2D eigenvalue weighted by Gasteiger charge is -2.08. The van der Waals surface area contributed by atoms with Crippen molar-refractivity contribution in [3.8, 4) is 11.3 Å². The third-order valence-corrected chi connectivity index (χ3v) is 3.32. The number of nitrogens with one attached hydrogen (secondary N) is 1. The molecule has 0 unspecified atom stereocenters. The molecule has 5 nitrogen and oxygen atoms in total. The lowest BCUT2D eigenvalue weighted by molar-refractivity contribution is 0.0828. The largest absolute Gasteiger partial charge is 0.376 e. The van der Waals surface area contributed by atoms with Crippen molar-refractivity contribution in [1.29, 1.82) is 0 Å². The number of carbonyl (C=O) groups is 1. The van der Waals surface area contributed by atoms with E-state index in [2.05, 4.69) is 10.5 Å². The Bertz CT molecular complexity index is 574. The van der Waals surface area contributed by atoms with Gasteiger partial charge in [-0.2, -0.15) is 0 Å². The van der Waals surface area contributed by atoms with Crippen LogP contribution in [0.3, 0.4) is 0 Å². The standard InChI is InChI=1S/C15H16N2O3/c18-15(16-10-12-7-4-8-19-12)14-9-13(17-20-14)11-5-2-1-3-6-11/h1-3,5-6,9,12H,4,7-8,10H2,(H,16,18)/t12-/m1/s1. The first-order valence-electron chi connectivity index (χ1n) is 6.75. The van der Waals surface area contributed by atoms with E-state index in [9.17, 15) is 4.79 Å². The summed E-state index contributed by atoms with van der Waals surface area (Å²) in [5.41, 5.74) is 1.59. The van der Waals surface area contributed by atoms with E-state index in [0.717, 1.165) is 25.0 Å². The summed E-state index contributed by atoms with van der Waals surface area (Å²) in [5.74, 6) is -0.0305. The summed E-state index contributed by atoms with van der Waals surface area (Å²) in [5, 5.41) is 6.73. The minimum atomic E-state index is -0.254. The molecule has 1 amide bonds. The second-order valence-electron chi connectivity index (χ2n) is 4.79. The molecule has 0 spiro atoms. The van der Waals surface area contributed by atoms with Crippen LogP contribution in [0.1, 0.15) is 23.4 Å². The van der Waals surface area contributed by atoms with Crippen molar-refractivity contribution in [2.24, 2.45) is 0 Å². The second kappa shape index (κ2) is 5.88. The maximum absolute atomic E-state index is 11.9. The molecule has 5 heteroatoms. The predicted octanol–water partition coefficient (Wildman–Crippen LogP) is 2.25. The lowest BCUT2D eigenvalue weighted by atomic mass is 10.1. The Morgan fingerprint density at radius 1 is 1.35 bits per heavy atom. The fourth-order valence-corrected chi connectivity index (χ4v) is 2.23. The van der Waals surface area contributed by atoms with Crippen LogP contribution in [-0.4, -0.2) is 30.3 Å². The van der Waals surface area contributed by atoms with Crippen molar-refractivity contribution in [3.63, 3.8) is 0 Å². The van der Waals surface area contributed by atoms with Gasteiger partial charge in [-0.05, 0) is 12.8 Å². The summed E-state index contributed by atoms with van der Waals surface area (Å²) in [7, 11) is 0. The van der Waals surface area contributed by atoms with Gasteiger partial charge in [-0.3, -0.25) is 4.79 Å². The van der Waals surface area contributed by atoms with Gasteiger partial charge >= 0.3 is 0 Å². The normalized spacial score (nSPS) is 18.1. The molecule has 20 heavy (non-hydrogen) atoms. The molecular formula is C15H16N2O3. The van der Waals surface area contributed by atoms with Crippen LogP contribution in [-0.2, 0) is 4.74 Å². The van der Waals surface area contributed by atoms with Crippen LogP contribution in [0, 0.1) is 0 Å². The Kier molecular flexibility index (Phi) is 3.78. The molecule has 1 atom stereocenters. The summed E-state index contributed by atoms with van der Waals surface area (Å²) in [6.45, 7) is 1.29. The van der Waals surface area contributed by atoms with Crippen molar-refractivity contribution < 1.29 is 14.1 Å². The first-order chi connectivity index (χ1) is 9.83. The quantitative estimate of drug-likeness (QED) is 0.927. The number of hydrogen-bond donors (Lipinski definition) is 1. The van der Waals surface area contributed by atoms with Crippen molar-refractivity contribution in [3.05, 3.63) is 42.2 Å². The molecule has 2 aromatic rings. The van der Waals surface area contributed by atoms with Gasteiger partial charge in [0, 0.05) is 24.8 Å². The van der Waals surface area contributed by atoms with Gasteiger partial charge in [0.2, 0.25) is 5.76 Å². The van der Waals surface area contributed by atoms with Gasteiger partial charge in [0.25, 0.3) is 5.91 Å². The number of ether oxygens (including phenoxy) is 1. The molecular weight excluding hydrogens is 256 g/mol. The summed E-state index contributed by atoms with van der Waals surface area (Å²) in [6, 6.07) is 11.3. The van der Waals surface area contributed by atoms with E-state index in [1.165, 1.54) is 0 Å². The highest BCUT2D eigenvalue weighted by Gasteiger charge is 2.18. The topological polar surface area (TPSA) is 64.4 Å². The SMILES string of the molecule is O=C(NC[C@H]1CCCO1)c1cc(-c2ccccc2)no1. The molecule has 3 rings (SSSR count). The third-order valence-electron chi connectivity index (χ3n) is 3.32. The first-order valence-corrected chi connectivity index (χ1v) is 6.75. The van der Waals surface area contributed by atoms with Crippen LogP contribution in [0.25, 0.3) is 11.3 Å². The van der Waals surface area contributed by atoms with Crippen molar-refractivity contribution in [1.82, 2.24) is 10.5 Å². The molecule has 0 radical (unpaired) electrons. The zero-order chi connectivity index (χ0) is 13.8. The van der Waals surface area contributed by atoms with Gasteiger partial charge < -0.3 is 14.6 Å². The maximum Gasteiger partial charge on any atom is 0.290 e. The summed E-state index contributed by atoms with van der Waals surface area (Å²) in [6.07, 6.45) is 2.17. The van der Waals surface area contributed by atoms with Gasteiger partial charge in [-0.1, -0.05) is 35.5 Å². The minimum Gasteiger partial charge on any atom is -0.376 e. The van der Waals surface area contributed by atoms with Crippen molar-refractivity contribution >= 4 is 5.91 Å². The van der Waals surface area contributed by atoms with Crippen LogP contribution >= 0.6 is 0 Å². The van der Waals surface area contributed by atoms with Crippen molar-refractivity contribution in [2.45, 2.75) is 18.9 Å². The van der Waals surface area contributed by atoms with E-state index >= 15 is 0 Å². The number of nitrogens with zero attached hydrogens (tertiary/aromatic N) is 1. The Balaban J connectivity index is 1.62. The zero-order valence-electron chi connectivity index (χ0n) is 11.0. The zero-order valence-corrected chi connectivity index (χ0v) is 11.0. The highest BCUT2D eigenvalue weighted by atomic mass is 16.5. The molecule has 1 saturated heterocycles. The van der Waals surface area contributed by atoms with Crippen molar-refractivity contribution in [2.75, 3.05) is 13.2 Å². The van der Waals surface area contributed by atoms with Crippen LogP contribution < -0.4 is 5.32 Å². The number of hydrogen-bond acceptors (Lipinski definition) is 4. The number of benzene rings is 1. The molecule has 1 aliphatic heterocycles. The average Bonchev–Trinajstić information content (AvgIpc) is 3.17. The minimum absolute atomic E-state index is 0.121. The number of aromatic nitrogens is 1. The molecule has 1 aromatic carbocycles. The molecule has 2 heterocycles. The summed E-state index contributed by atoms with van der Waals surface area (Å²) < 4.78 is 10.5. The fourth-order valence-electron chi connectivity index (χ4n) is 2.23. The van der Waals surface area contributed by atoms with Crippen LogP contribution in [0.4, 0.5) is 0 Å².